The number of amides is 2. The monoisotopic (exact) mass is 611 g/mol. The van der Waals surface area contributed by atoms with Crippen LogP contribution in [0.1, 0.15) is 44.6 Å². The molecule has 1 atom stereocenters. The molecule has 1 unspecified atom stereocenters. The van der Waals surface area contributed by atoms with Gasteiger partial charge in [-0.1, -0.05) is 31.4 Å². The minimum absolute atomic E-state index is 0.0350. The van der Waals surface area contributed by atoms with E-state index in [1.54, 1.807) is 38.3 Å². The first-order valence-electron chi connectivity index (χ1n) is 14.3. The summed E-state index contributed by atoms with van der Waals surface area (Å²) < 4.78 is 52.9. The Kier molecular flexibility index (Phi) is 10.6. The van der Waals surface area contributed by atoms with E-state index in [-0.39, 0.29) is 29.1 Å². The van der Waals surface area contributed by atoms with E-state index in [1.165, 1.54) is 48.4 Å². The van der Waals surface area contributed by atoms with Gasteiger partial charge < -0.3 is 19.7 Å². The summed E-state index contributed by atoms with van der Waals surface area (Å²) in [6, 6.07) is 16.9. The number of nitrogens with zero attached hydrogens (tertiary/aromatic N) is 2. The molecule has 2 amide bonds. The van der Waals surface area contributed by atoms with Crippen LogP contribution in [0.5, 0.6) is 11.5 Å². The van der Waals surface area contributed by atoms with Gasteiger partial charge in [-0.05, 0) is 86.0 Å². The van der Waals surface area contributed by atoms with E-state index in [9.17, 15) is 22.4 Å². The molecule has 0 bridgehead atoms. The summed E-state index contributed by atoms with van der Waals surface area (Å²) in [4.78, 5) is 28.8. The van der Waals surface area contributed by atoms with Crippen molar-refractivity contribution >= 4 is 27.5 Å². The van der Waals surface area contributed by atoms with Gasteiger partial charge in [0.25, 0.3) is 10.0 Å². The second kappa shape index (κ2) is 14.4. The van der Waals surface area contributed by atoms with E-state index in [4.69, 9.17) is 9.47 Å². The Balaban J connectivity index is 1.67. The lowest BCUT2D eigenvalue weighted by Gasteiger charge is -2.33. The van der Waals surface area contributed by atoms with Gasteiger partial charge in [0.1, 0.15) is 29.9 Å². The molecule has 1 saturated carbocycles. The van der Waals surface area contributed by atoms with Crippen LogP contribution in [-0.2, 0) is 26.2 Å². The third-order valence-corrected chi connectivity index (χ3v) is 9.46. The molecule has 1 aliphatic carbocycles. The van der Waals surface area contributed by atoms with Crippen molar-refractivity contribution in [2.24, 2.45) is 0 Å². The number of anilines is 1. The van der Waals surface area contributed by atoms with Crippen LogP contribution in [0.25, 0.3) is 0 Å². The maximum Gasteiger partial charge on any atom is 0.264 e. The zero-order valence-corrected chi connectivity index (χ0v) is 25.5. The average molecular weight is 612 g/mol. The number of benzene rings is 3. The molecule has 0 saturated heterocycles. The Labute approximate surface area is 252 Å². The van der Waals surface area contributed by atoms with Gasteiger partial charge in [0.15, 0.2) is 0 Å². The Hall–Kier alpha value is -4.12. The van der Waals surface area contributed by atoms with Crippen LogP contribution < -0.4 is 19.1 Å². The quantitative estimate of drug-likeness (QED) is 0.312. The second-order valence-electron chi connectivity index (χ2n) is 10.6. The van der Waals surface area contributed by atoms with E-state index in [0.717, 1.165) is 54.1 Å². The standard InChI is InChI=1S/C32H38FN3O6S/c1-23(32(38)34-26-7-5-4-6-8-26)35(21-24-9-15-28(41-2)16-10-24)31(37)22-36(27-13-11-25(33)12-14-27)43(39,40)30-19-17-29(42-3)18-20-30/h9-20,23,26H,4-8,21-22H2,1-3H3,(H,34,38). The minimum Gasteiger partial charge on any atom is -0.497 e. The van der Waals surface area contributed by atoms with Gasteiger partial charge in [0, 0.05) is 12.6 Å². The first-order valence-corrected chi connectivity index (χ1v) is 15.7. The number of methoxy groups -OCH3 is 2. The maximum atomic E-state index is 14.1. The predicted octanol–water partition coefficient (Wildman–Crippen LogP) is 4.90. The van der Waals surface area contributed by atoms with Crippen LogP contribution in [-0.4, -0.2) is 58.0 Å². The molecule has 3 aromatic rings. The number of hydrogen-bond acceptors (Lipinski definition) is 6. The van der Waals surface area contributed by atoms with Crippen LogP contribution in [0.2, 0.25) is 0 Å². The molecular formula is C32H38FN3O6S. The molecule has 4 rings (SSSR count). The summed E-state index contributed by atoms with van der Waals surface area (Å²) in [7, 11) is -1.26. The van der Waals surface area contributed by atoms with Gasteiger partial charge in [-0.2, -0.15) is 0 Å². The second-order valence-corrected chi connectivity index (χ2v) is 12.4. The third kappa shape index (κ3) is 8.04. The van der Waals surface area contributed by atoms with Crippen LogP contribution in [0.4, 0.5) is 10.1 Å². The van der Waals surface area contributed by atoms with Crippen molar-refractivity contribution in [2.45, 2.75) is 62.6 Å². The molecule has 0 heterocycles. The van der Waals surface area contributed by atoms with Crippen molar-refractivity contribution in [2.75, 3.05) is 25.1 Å². The molecule has 0 radical (unpaired) electrons. The Morgan fingerprint density at radius 2 is 1.44 bits per heavy atom. The molecule has 0 aromatic heterocycles. The van der Waals surface area contributed by atoms with Crippen molar-refractivity contribution in [1.29, 1.82) is 0 Å². The zero-order valence-electron chi connectivity index (χ0n) is 24.7. The molecule has 43 heavy (non-hydrogen) atoms. The summed E-state index contributed by atoms with van der Waals surface area (Å²) in [6.45, 7) is 1.08. The molecule has 0 aliphatic heterocycles. The van der Waals surface area contributed by atoms with Crippen LogP contribution >= 0.6 is 0 Å². The largest absolute Gasteiger partial charge is 0.497 e. The molecular weight excluding hydrogens is 573 g/mol. The lowest BCUT2D eigenvalue weighted by atomic mass is 9.95. The topological polar surface area (TPSA) is 105 Å². The average Bonchev–Trinajstić information content (AvgIpc) is 3.03. The van der Waals surface area contributed by atoms with Crippen LogP contribution in [0.15, 0.2) is 77.7 Å². The fourth-order valence-corrected chi connectivity index (χ4v) is 6.50. The van der Waals surface area contributed by atoms with Gasteiger partial charge >= 0.3 is 0 Å². The first-order chi connectivity index (χ1) is 20.6. The molecule has 230 valence electrons. The highest BCUT2D eigenvalue weighted by atomic mass is 32.2. The number of rotatable bonds is 12. The summed E-state index contributed by atoms with van der Waals surface area (Å²) >= 11 is 0. The van der Waals surface area contributed by atoms with Crippen molar-refractivity contribution in [3.8, 4) is 11.5 Å². The number of nitrogens with one attached hydrogen (secondary N) is 1. The number of halogens is 1. The van der Waals surface area contributed by atoms with Gasteiger partial charge in [0.2, 0.25) is 11.8 Å². The highest BCUT2D eigenvalue weighted by molar-refractivity contribution is 7.92. The predicted molar refractivity (Wildman–Crippen MR) is 162 cm³/mol. The normalized spacial score (nSPS) is 14.4. The summed E-state index contributed by atoms with van der Waals surface area (Å²) in [5.41, 5.74) is 0.840. The van der Waals surface area contributed by atoms with Crippen LogP contribution in [0, 0.1) is 5.82 Å². The molecule has 0 spiro atoms. The van der Waals surface area contributed by atoms with Gasteiger partial charge in [-0.25, -0.2) is 12.8 Å². The SMILES string of the molecule is COc1ccc(CN(C(=O)CN(c2ccc(F)cc2)S(=O)(=O)c2ccc(OC)cc2)C(C)C(=O)NC2CCCCC2)cc1. The molecule has 1 fully saturated rings. The highest BCUT2D eigenvalue weighted by Crippen LogP contribution is 2.26. The zero-order chi connectivity index (χ0) is 31.0. The molecule has 3 aromatic carbocycles. The first kappa shape index (κ1) is 31.8. The lowest BCUT2D eigenvalue weighted by molar-refractivity contribution is -0.139. The number of carbonyl (C=O) groups excluding carboxylic acids is 2. The van der Waals surface area contributed by atoms with E-state index >= 15 is 0 Å². The van der Waals surface area contributed by atoms with Gasteiger partial charge in [-0.3, -0.25) is 13.9 Å². The van der Waals surface area contributed by atoms with E-state index in [2.05, 4.69) is 5.32 Å². The fourth-order valence-electron chi connectivity index (χ4n) is 5.09. The molecule has 1 N–H and O–H groups in total. The Morgan fingerprint density at radius 1 is 0.884 bits per heavy atom. The van der Waals surface area contributed by atoms with Crippen molar-refractivity contribution in [3.63, 3.8) is 0 Å². The minimum atomic E-state index is -4.28. The molecule has 9 nitrogen and oxygen atoms in total. The van der Waals surface area contributed by atoms with Gasteiger partial charge in [0.05, 0.1) is 24.8 Å². The number of hydrogen-bond donors (Lipinski definition) is 1. The van der Waals surface area contributed by atoms with E-state index in [1.807, 2.05) is 0 Å². The molecule has 11 heteroatoms. The fraction of sp³-hybridized carbons (Fsp3) is 0.375. The Morgan fingerprint density at radius 3 is 2.00 bits per heavy atom. The summed E-state index contributed by atoms with van der Waals surface area (Å²) in [5, 5.41) is 3.08. The number of sulfonamides is 1. The Bertz CT molecular complexity index is 1470. The lowest BCUT2D eigenvalue weighted by Crippen LogP contribution is -2.53. The van der Waals surface area contributed by atoms with E-state index < -0.39 is 34.3 Å². The van der Waals surface area contributed by atoms with E-state index in [0.29, 0.717) is 11.5 Å². The molecule has 1 aliphatic rings. The third-order valence-electron chi connectivity index (χ3n) is 7.67. The van der Waals surface area contributed by atoms with Gasteiger partial charge in [-0.15, -0.1) is 0 Å². The number of carbonyl (C=O) groups is 2. The van der Waals surface area contributed by atoms with Crippen molar-refractivity contribution in [3.05, 3.63) is 84.2 Å². The summed E-state index contributed by atoms with van der Waals surface area (Å²) in [5.74, 6) is -0.348. The van der Waals surface area contributed by atoms with Crippen molar-refractivity contribution in [1.82, 2.24) is 10.2 Å². The smallest absolute Gasteiger partial charge is 0.264 e. The summed E-state index contributed by atoms with van der Waals surface area (Å²) in [6.07, 6.45) is 4.95. The van der Waals surface area contributed by atoms with Crippen LogP contribution in [0.3, 0.4) is 0 Å². The maximum absolute atomic E-state index is 14.1. The van der Waals surface area contributed by atoms with Crippen molar-refractivity contribution < 1.29 is 31.9 Å². The number of ether oxygens (including phenoxy) is 2. The highest BCUT2D eigenvalue weighted by Gasteiger charge is 2.33.